The van der Waals surface area contributed by atoms with Crippen molar-refractivity contribution in [3.63, 3.8) is 0 Å². The monoisotopic (exact) mass is 238 g/mol. The van der Waals surface area contributed by atoms with E-state index < -0.39 is 5.60 Å². The first-order valence-electron chi connectivity index (χ1n) is 6.01. The van der Waals surface area contributed by atoms with Gasteiger partial charge < -0.3 is 5.11 Å². The van der Waals surface area contributed by atoms with Crippen LogP contribution in [0.15, 0.2) is 24.3 Å². The van der Waals surface area contributed by atoms with Crippen LogP contribution < -0.4 is 0 Å². The van der Waals surface area contributed by atoms with Crippen LogP contribution in [0, 0.1) is 11.8 Å². The van der Waals surface area contributed by atoms with Crippen LogP contribution in [-0.2, 0) is 5.60 Å². The predicted molar refractivity (Wildman–Crippen MR) is 67.5 cm³/mol. The van der Waals surface area contributed by atoms with Gasteiger partial charge in [-0.2, -0.15) is 0 Å². The van der Waals surface area contributed by atoms with Crippen molar-refractivity contribution in [2.24, 2.45) is 11.8 Å². The normalized spacial score (nSPS) is 35.0. The smallest absolute Gasteiger partial charge is 0.0924 e. The summed E-state index contributed by atoms with van der Waals surface area (Å²) in [5.74, 6) is 0.891. The highest BCUT2D eigenvalue weighted by molar-refractivity contribution is 6.30. The SMILES string of the molecule is CC1CCC(C)C(O)(c2cccc(Cl)c2)C1. The van der Waals surface area contributed by atoms with E-state index in [0.717, 1.165) is 18.4 Å². The molecule has 1 nitrogen and oxygen atoms in total. The molecule has 1 saturated carbocycles. The van der Waals surface area contributed by atoms with Crippen LogP contribution in [0.5, 0.6) is 0 Å². The molecule has 0 aliphatic heterocycles. The number of halogens is 1. The van der Waals surface area contributed by atoms with Crippen molar-refractivity contribution < 1.29 is 5.11 Å². The van der Waals surface area contributed by atoms with E-state index in [4.69, 9.17) is 11.6 Å². The highest BCUT2D eigenvalue weighted by Crippen LogP contribution is 2.44. The summed E-state index contributed by atoms with van der Waals surface area (Å²) < 4.78 is 0. The average Bonchev–Trinajstić information content (AvgIpc) is 2.24. The van der Waals surface area contributed by atoms with Gasteiger partial charge in [0.1, 0.15) is 0 Å². The number of hydrogen-bond acceptors (Lipinski definition) is 1. The second-order valence-corrected chi connectivity index (χ2v) is 5.66. The van der Waals surface area contributed by atoms with Gasteiger partial charge in [0.05, 0.1) is 5.60 Å². The van der Waals surface area contributed by atoms with E-state index in [1.165, 1.54) is 6.42 Å². The van der Waals surface area contributed by atoms with Crippen molar-refractivity contribution in [1.82, 2.24) is 0 Å². The molecule has 3 unspecified atom stereocenters. The summed E-state index contributed by atoms with van der Waals surface area (Å²) in [4.78, 5) is 0. The Hall–Kier alpha value is -0.530. The van der Waals surface area contributed by atoms with Gasteiger partial charge in [-0.3, -0.25) is 0 Å². The van der Waals surface area contributed by atoms with Crippen LogP contribution in [0.1, 0.15) is 38.7 Å². The van der Waals surface area contributed by atoms with E-state index in [1.54, 1.807) is 0 Å². The number of hydrogen-bond donors (Lipinski definition) is 1. The standard InChI is InChI=1S/C14H19ClO/c1-10-6-7-11(2)14(16,9-10)12-4-3-5-13(15)8-12/h3-5,8,10-11,16H,6-7,9H2,1-2H3. The topological polar surface area (TPSA) is 20.2 Å². The molecule has 16 heavy (non-hydrogen) atoms. The summed E-state index contributed by atoms with van der Waals surface area (Å²) in [6.07, 6.45) is 3.14. The van der Waals surface area contributed by atoms with Crippen LogP contribution in [0.2, 0.25) is 5.02 Å². The lowest BCUT2D eigenvalue weighted by molar-refractivity contribution is -0.0627. The quantitative estimate of drug-likeness (QED) is 0.785. The van der Waals surface area contributed by atoms with Gasteiger partial charge in [-0.15, -0.1) is 0 Å². The first-order valence-corrected chi connectivity index (χ1v) is 6.38. The Labute approximate surface area is 102 Å². The lowest BCUT2D eigenvalue weighted by Gasteiger charge is -2.41. The third kappa shape index (κ3) is 2.11. The molecule has 0 spiro atoms. The van der Waals surface area contributed by atoms with E-state index in [0.29, 0.717) is 16.9 Å². The molecule has 1 aliphatic carbocycles. The Morgan fingerprint density at radius 1 is 1.31 bits per heavy atom. The highest BCUT2D eigenvalue weighted by atomic mass is 35.5. The van der Waals surface area contributed by atoms with Gasteiger partial charge in [0.25, 0.3) is 0 Å². The van der Waals surface area contributed by atoms with Crippen molar-refractivity contribution in [2.75, 3.05) is 0 Å². The Morgan fingerprint density at radius 2 is 2.06 bits per heavy atom. The molecular formula is C14H19ClO. The summed E-state index contributed by atoms with van der Waals surface area (Å²) in [6.45, 7) is 4.34. The minimum atomic E-state index is -0.692. The minimum absolute atomic E-state index is 0.308. The molecule has 2 rings (SSSR count). The summed E-state index contributed by atoms with van der Waals surface area (Å²) >= 11 is 6.00. The van der Waals surface area contributed by atoms with Gasteiger partial charge in [-0.05, 0) is 42.4 Å². The zero-order valence-electron chi connectivity index (χ0n) is 9.91. The molecule has 88 valence electrons. The van der Waals surface area contributed by atoms with E-state index in [9.17, 15) is 5.11 Å². The number of benzene rings is 1. The number of aliphatic hydroxyl groups is 1. The molecule has 2 heteroatoms. The zero-order valence-corrected chi connectivity index (χ0v) is 10.7. The fourth-order valence-corrected chi connectivity index (χ4v) is 2.96. The first kappa shape index (κ1) is 11.9. The second kappa shape index (κ2) is 4.38. The molecule has 0 amide bonds. The Bertz CT molecular complexity index is 377. The molecule has 0 radical (unpaired) electrons. The van der Waals surface area contributed by atoms with Crippen molar-refractivity contribution >= 4 is 11.6 Å². The van der Waals surface area contributed by atoms with Crippen LogP contribution in [0.3, 0.4) is 0 Å². The third-order valence-corrected chi connectivity index (χ3v) is 4.13. The lowest BCUT2D eigenvalue weighted by Crippen LogP contribution is -2.39. The molecule has 1 aliphatic rings. The van der Waals surface area contributed by atoms with Crippen molar-refractivity contribution in [1.29, 1.82) is 0 Å². The van der Waals surface area contributed by atoms with Gasteiger partial charge in [-0.25, -0.2) is 0 Å². The summed E-state index contributed by atoms with van der Waals surface area (Å²) in [7, 11) is 0. The van der Waals surface area contributed by atoms with Crippen molar-refractivity contribution in [3.8, 4) is 0 Å². The predicted octanol–water partition coefficient (Wildman–Crippen LogP) is 3.98. The Morgan fingerprint density at radius 3 is 2.75 bits per heavy atom. The molecule has 0 heterocycles. The molecule has 1 N–H and O–H groups in total. The van der Waals surface area contributed by atoms with Gasteiger partial charge in [0.15, 0.2) is 0 Å². The van der Waals surface area contributed by atoms with Crippen molar-refractivity contribution in [3.05, 3.63) is 34.9 Å². The van der Waals surface area contributed by atoms with Crippen molar-refractivity contribution in [2.45, 2.75) is 38.7 Å². The molecule has 1 aromatic rings. The molecule has 1 fully saturated rings. The summed E-state index contributed by atoms with van der Waals surface area (Å²) in [5.41, 5.74) is 0.279. The largest absolute Gasteiger partial charge is 0.385 e. The molecular weight excluding hydrogens is 220 g/mol. The van der Waals surface area contributed by atoms with E-state index >= 15 is 0 Å². The highest BCUT2D eigenvalue weighted by Gasteiger charge is 2.40. The van der Waals surface area contributed by atoms with Crippen LogP contribution in [0.4, 0.5) is 0 Å². The van der Waals surface area contributed by atoms with Crippen LogP contribution >= 0.6 is 11.6 Å². The summed E-state index contributed by atoms with van der Waals surface area (Å²) in [6, 6.07) is 7.66. The maximum absolute atomic E-state index is 10.8. The molecule has 1 aromatic carbocycles. The molecule has 0 aromatic heterocycles. The van der Waals surface area contributed by atoms with E-state index in [1.807, 2.05) is 24.3 Å². The minimum Gasteiger partial charge on any atom is -0.385 e. The lowest BCUT2D eigenvalue weighted by atomic mass is 9.69. The number of rotatable bonds is 1. The van der Waals surface area contributed by atoms with Crippen LogP contribution in [-0.4, -0.2) is 5.11 Å². The maximum atomic E-state index is 10.8. The molecule has 3 atom stereocenters. The van der Waals surface area contributed by atoms with Crippen LogP contribution in [0.25, 0.3) is 0 Å². The zero-order chi connectivity index (χ0) is 11.8. The first-order chi connectivity index (χ1) is 7.52. The fourth-order valence-electron chi connectivity index (χ4n) is 2.77. The molecule has 0 bridgehead atoms. The van der Waals surface area contributed by atoms with E-state index in [2.05, 4.69) is 13.8 Å². The Kier molecular flexibility index (Phi) is 3.27. The fraction of sp³-hybridized carbons (Fsp3) is 0.571. The molecule has 0 saturated heterocycles. The van der Waals surface area contributed by atoms with Gasteiger partial charge in [0.2, 0.25) is 0 Å². The third-order valence-electron chi connectivity index (χ3n) is 3.89. The second-order valence-electron chi connectivity index (χ2n) is 5.22. The van der Waals surface area contributed by atoms with E-state index in [-0.39, 0.29) is 0 Å². The maximum Gasteiger partial charge on any atom is 0.0924 e. The van der Waals surface area contributed by atoms with Gasteiger partial charge in [-0.1, -0.05) is 44.0 Å². The Balaban J connectivity index is 2.35. The van der Waals surface area contributed by atoms with Gasteiger partial charge >= 0.3 is 0 Å². The summed E-state index contributed by atoms with van der Waals surface area (Å²) in [5, 5.41) is 11.6. The van der Waals surface area contributed by atoms with Gasteiger partial charge in [0, 0.05) is 5.02 Å². The average molecular weight is 239 g/mol.